The highest BCUT2D eigenvalue weighted by Gasteiger charge is 2.09. The van der Waals surface area contributed by atoms with Crippen molar-refractivity contribution >= 4 is 17.5 Å². The van der Waals surface area contributed by atoms with Crippen LogP contribution in [0.15, 0.2) is 24.3 Å². The van der Waals surface area contributed by atoms with Crippen molar-refractivity contribution in [1.82, 2.24) is 5.06 Å². The molecule has 0 atom stereocenters. The molecule has 0 saturated carbocycles. The van der Waals surface area contributed by atoms with Crippen LogP contribution in [0.2, 0.25) is 0 Å². The van der Waals surface area contributed by atoms with Crippen LogP contribution in [-0.2, 0) is 4.84 Å². The van der Waals surface area contributed by atoms with Crippen molar-refractivity contribution in [3.8, 4) is 0 Å². The highest BCUT2D eigenvalue weighted by atomic mass is 16.7. The molecule has 0 aliphatic heterocycles. The average Bonchev–Trinajstić information content (AvgIpc) is 2.16. The number of benzene rings is 1. The van der Waals surface area contributed by atoms with Crippen LogP contribution >= 0.6 is 0 Å². The molecule has 0 saturated heterocycles. The van der Waals surface area contributed by atoms with Gasteiger partial charge < -0.3 is 4.84 Å². The molecule has 7 heteroatoms. The summed E-state index contributed by atoms with van der Waals surface area (Å²) in [5, 5.41) is 14.0. The van der Waals surface area contributed by atoms with Gasteiger partial charge in [0.15, 0.2) is 0 Å². The minimum absolute atomic E-state index is 0.0948. The van der Waals surface area contributed by atoms with Gasteiger partial charge in [-0.2, -0.15) is 0 Å². The summed E-state index contributed by atoms with van der Waals surface area (Å²) in [4.78, 5) is 25.8. The first kappa shape index (κ1) is 11.9. The van der Waals surface area contributed by atoms with Gasteiger partial charge in [0.25, 0.3) is 5.69 Å². The Labute approximate surface area is 91.7 Å². The summed E-state index contributed by atoms with van der Waals surface area (Å²) in [5.41, 5.74) is 0.212. The molecule has 0 unspecified atom stereocenters. The van der Waals surface area contributed by atoms with Crippen molar-refractivity contribution in [2.45, 2.75) is 0 Å². The van der Waals surface area contributed by atoms with Crippen LogP contribution in [0, 0.1) is 10.1 Å². The molecule has 0 radical (unpaired) electrons. The van der Waals surface area contributed by atoms with E-state index in [2.05, 4.69) is 10.2 Å². The Morgan fingerprint density at radius 2 is 2.19 bits per heavy atom. The fraction of sp³-hybridized carbons (Fsp3) is 0.222. The molecule has 7 nitrogen and oxygen atoms in total. The molecule has 1 aromatic rings. The van der Waals surface area contributed by atoms with Crippen molar-refractivity contribution in [2.24, 2.45) is 0 Å². The third-order valence-corrected chi connectivity index (χ3v) is 1.57. The summed E-state index contributed by atoms with van der Waals surface area (Å²) in [6.07, 6.45) is -0.703. The van der Waals surface area contributed by atoms with Gasteiger partial charge in [-0.25, -0.2) is 4.79 Å². The van der Waals surface area contributed by atoms with E-state index in [0.717, 1.165) is 0 Å². The number of hydroxylamine groups is 2. The monoisotopic (exact) mass is 225 g/mol. The van der Waals surface area contributed by atoms with Crippen molar-refractivity contribution in [2.75, 3.05) is 19.4 Å². The van der Waals surface area contributed by atoms with E-state index >= 15 is 0 Å². The SMILES string of the molecule is CN(C)OC(=O)Nc1cccc([N+](=O)[O-])c1. The van der Waals surface area contributed by atoms with Gasteiger partial charge in [0, 0.05) is 26.2 Å². The zero-order chi connectivity index (χ0) is 12.1. The van der Waals surface area contributed by atoms with Gasteiger partial charge in [0.05, 0.1) is 10.6 Å². The molecule has 0 aromatic heterocycles. The van der Waals surface area contributed by atoms with E-state index < -0.39 is 11.0 Å². The van der Waals surface area contributed by atoms with Crippen LogP contribution in [0.4, 0.5) is 16.2 Å². The quantitative estimate of drug-likeness (QED) is 0.624. The third-order valence-electron chi connectivity index (χ3n) is 1.57. The first-order valence-corrected chi connectivity index (χ1v) is 4.40. The van der Waals surface area contributed by atoms with Crippen LogP contribution < -0.4 is 5.32 Å². The highest BCUT2D eigenvalue weighted by Crippen LogP contribution is 2.16. The molecule has 1 amide bonds. The van der Waals surface area contributed by atoms with Crippen molar-refractivity contribution in [3.05, 3.63) is 34.4 Å². The number of anilines is 1. The molecule has 0 aliphatic carbocycles. The average molecular weight is 225 g/mol. The molecule has 1 N–H and O–H groups in total. The molecule has 0 aliphatic rings. The van der Waals surface area contributed by atoms with E-state index in [0.29, 0.717) is 5.69 Å². The number of carbonyl (C=O) groups is 1. The molecule has 1 aromatic carbocycles. The molecule has 16 heavy (non-hydrogen) atoms. The molecular formula is C9H11N3O4. The standard InChI is InChI=1S/C9H11N3O4/c1-11(2)16-9(13)10-7-4-3-5-8(6-7)12(14)15/h3-6H,1-2H3,(H,10,13). The zero-order valence-corrected chi connectivity index (χ0v) is 8.84. The van der Waals surface area contributed by atoms with Gasteiger partial charge in [-0.3, -0.25) is 15.4 Å². The smallest absolute Gasteiger partial charge is 0.351 e. The number of nitro groups is 1. The second-order valence-electron chi connectivity index (χ2n) is 3.12. The van der Waals surface area contributed by atoms with E-state index in [1.165, 1.54) is 29.3 Å². The predicted octanol–water partition coefficient (Wildman–Crippen LogP) is 1.62. The van der Waals surface area contributed by atoms with E-state index in [-0.39, 0.29) is 5.69 Å². The molecular weight excluding hydrogens is 214 g/mol. The lowest BCUT2D eigenvalue weighted by molar-refractivity contribution is -0.384. The Balaban J connectivity index is 2.70. The highest BCUT2D eigenvalue weighted by molar-refractivity contribution is 5.84. The molecule has 0 bridgehead atoms. The fourth-order valence-corrected chi connectivity index (χ4v) is 1.00. The lowest BCUT2D eigenvalue weighted by atomic mass is 10.3. The van der Waals surface area contributed by atoms with E-state index in [1.54, 1.807) is 14.1 Å². The number of hydrogen-bond acceptors (Lipinski definition) is 5. The maximum atomic E-state index is 11.2. The minimum atomic E-state index is -0.703. The number of rotatable bonds is 3. The fourth-order valence-electron chi connectivity index (χ4n) is 1.00. The number of amides is 1. The second-order valence-corrected chi connectivity index (χ2v) is 3.12. The summed E-state index contributed by atoms with van der Waals surface area (Å²) in [5.74, 6) is 0. The van der Waals surface area contributed by atoms with E-state index in [1.807, 2.05) is 0 Å². The van der Waals surface area contributed by atoms with Crippen molar-refractivity contribution in [3.63, 3.8) is 0 Å². The molecule has 0 heterocycles. The van der Waals surface area contributed by atoms with E-state index in [4.69, 9.17) is 0 Å². The summed E-state index contributed by atoms with van der Waals surface area (Å²) in [6.45, 7) is 0. The maximum Gasteiger partial charge on any atom is 0.430 e. The Hall–Kier alpha value is -2.15. The number of carbonyl (C=O) groups excluding carboxylic acids is 1. The molecule has 0 fully saturated rings. The Morgan fingerprint density at radius 1 is 1.50 bits per heavy atom. The summed E-state index contributed by atoms with van der Waals surface area (Å²) in [6, 6.07) is 5.59. The van der Waals surface area contributed by atoms with Gasteiger partial charge in [-0.15, -0.1) is 5.06 Å². The van der Waals surface area contributed by atoms with Crippen LogP contribution in [0.5, 0.6) is 0 Å². The molecule has 0 spiro atoms. The number of non-ortho nitro benzene ring substituents is 1. The van der Waals surface area contributed by atoms with Crippen molar-refractivity contribution < 1.29 is 14.6 Å². The van der Waals surface area contributed by atoms with Gasteiger partial charge in [-0.05, 0) is 6.07 Å². The summed E-state index contributed by atoms with van der Waals surface area (Å²) < 4.78 is 0. The first-order valence-electron chi connectivity index (χ1n) is 4.40. The van der Waals surface area contributed by atoms with Crippen molar-refractivity contribution in [1.29, 1.82) is 0 Å². The summed E-state index contributed by atoms with van der Waals surface area (Å²) in [7, 11) is 3.10. The van der Waals surface area contributed by atoms with Crippen LogP contribution in [0.25, 0.3) is 0 Å². The van der Waals surface area contributed by atoms with Gasteiger partial charge in [0.2, 0.25) is 0 Å². The Morgan fingerprint density at radius 3 is 2.75 bits per heavy atom. The summed E-state index contributed by atoms with van der Waals surface area (Å²) >= 11 is 0. The Kier molecular flexibility index (Phi) is 3.78. The predicted molar refractivity (Wildman–Crippen MR) is 56.9 cm³/mol. The maximum absolute atomic E-state index is 11.2. The van der Waals surface area contributed by atoms with Gasteiger partial charge in [-0.1, -0.05) is 6.07 Å². The van der Waals surface area contributed by atoms with Crippen LogP contribution in [0.3, 0.4) is 0 Å². The number of nitro benzene ring substituents is 1. The van der Waals surface area contributed by atoms with E-state index in [9.17, 15) is 14.9 Å². The third kappa shape index (κ3) is 3.54. The molecule has 1 rings (SSSR count). The topological polar surface area (TPSA) is 84.7 Å². The zero-order valence-electron chi connectivity index (χ0n) is 8.84. The first-order chi connectivity index (χ1) is 7.49. The van der Waals surface area contributed by atoms with Gasteiger partial charge >= 0.3 is 6.09 Å². The van der Waals surface area contributed by atoms with Gasteiger partial charge in [0.1, 0.15) is 0 Å². The van der Waals surface area contributed by atoms with Crippen LogP contribution in [0.1, 0.15) is 0 Å². The lowest BCUT2D eigenvalue weighted by Gasteiger charge is -2.10. The van der Waals surface area contributed by atoms with Crippen LogP contribution in [-0.4, -0.2) is 30.2 Å². The number of nitrogens with zero attached hydrogens (tertiary/aromatic N) is 2. The lowest BCUT2D eigenvalue weighted by Crippen LogP contribution is -2.22. The number of hydrogen-bond donors (Lipinski definition) is 1. The molecule has 86 valence electrons. The minimum Gasteiger partial charge on any atom is -0.351 e. The Bertz CT molecular complexity index is 405. The largest absolute Gasteiger partial charge is 0.430 e. The normalized spacial score (nSPS) is 9.94. The second kappa shape index (κ2) is 5.08. The number of nitrogens with one attached hydrogen (secondary N) is 1.